The van der Waals surface area contributed by atoms with E-state index in [1.807, 2.05) is 11.8 Å². The standard InChI is InChI=1S/C13H24OS/c1-11(2)5-4-6-12(3)7-8-13-14-9-10-15-13/h5,12-13H,4,6-10H2,1-3H3. The van der Waals surface area contributed by atoms with Gasteiger partial charge < -0.3 is 4.74 Å². The van der Waals surface area contributed by atoms with Crippen LogP contribution in [0.15, 0.2) is 11.6 Å². The average molecular weight is 228 g/mol. The number of allylic oxidation sites excluding steroid dienone is 2. The third-order valence-electron chi connectivity index (χ3n) is 2.80. The Morgan fingerprint density at radius 2 is 2.27 bits per heavy atom. The average Bonchev–Trinajstić information content (AvgIpc) is 2.66. The molecule has 0 amide bonds. The summed E-state index contributed by atoms with van der Waals surface area (Å²) in [6.45, 7) is 7.67. The van der Waals surface area contributed by atoms with Gasteiger partial charge in [0.2, 0.25) is 0 Å². The smallest absolute Gasteiger partial charge is 0.103 e. The Labute approximate surface area is 98.7 Å². The van der Waals surface area contributed by atoms with E-state index in [2.05, 4.69) is 26.8 Å². The van der Waals surface area contributed by atoms with Gasteiger partial charge in [0.25, 0.3) is 0 Å². The quantitative estimate of drug-likeness (QED) is 0.629. The zero-order chi connectivity index (χ0) is 11.1. The first-order valence-electron chi connectivity index (χ1n) is 6.05. The van der Waals surface area contributed by atoms with Crippen LogP contribution in [0.4, 0.5) is 0 Å². The lowest BCUT2D eigenvalue weighted by Crippen LogP contribution is -2.04. The number of ether oxygens (including phenoxy) is 1. The Bertz CT molecular complexity index is 191. The molecule has 0 aromatic heterocycles. The number of hydrogen-bond donors (Lipinski definition) is 0. The van der Waals surface area contributed by atoms with E-state index in [-0.39, 0.29) is 0 Å². The highest BCUT2D eigenvalue weighted by atomic mass is 32.2. The highest BCUT2D eigenvalue weighted by Crippen LogP contribution is 2.26. The molecule has 0 saturated carbocycles. The van der Waals surface area contributed by atoms with Crippen molar-refractivity contribution in [3.05, 3.63) is 11.6 Å². The van der Waals surface area contributed by atoms with Crippen LogP contribution >= 0.6 is 11.8 Å². The van der Waals surface area contributed by atoms with Crippen LogP contribution in [-0.4, -0.2) is 17.8 Å². The Balaban J connectivity index is 2.02. The van der Waals surface area contributed by atoms with Gasteiger partial charge >= 0.3 is 0 Å². The van der Waals surface area contributed by atoms with Crippen LogP contribution in [0.2, 0.25) is 0 Å². The molecule has 1 heterocycles. The zero-order valence-electron chi connectivity index (χ0n) is 10.3. The lowest BCUT2D eigenvalue weighted by Gasteiger charge is -2.13. The summed E-state index contributed by atoms with van der Waals surface area (Å²) in [7, 11) is 0. The van der Waals surface area contributed by atoms with Gasteiger partial charge in [-0.3, -0.25) is 0 Å². The molecule has 1 aliphatic rings. The SMILES string of the molecule is CC(C)=CCCC(C)CCC1OCCS1. The van der Waals surface area contributed by atoms with Crippen molar-refractivity contribution >= 4 is 11.8 Å². The Morgan fingerprint density at radius 3 is 2.87 bits per heavy atom. The zero-order valence-corrected chi connectivity index (χ0v) is 11.1. The van der Waals surface area contributed by atoms with E-state index in [1.54, 1.807) is 0 Å². The van der Waals surface area contributed by atoms with Crippen molar-refractivity contribution in [1.29, 1.82) is 0 Å². The molecule has 0 aromatic carbocycles. The van der Waals surface area contributed by atoms with Gasteiger partial charge in [0, 0.05) is 5.75 Å². The van der Waals surface area contributed by atoms with Crippen LogP contribution in [0.1, 0.15) is 46.5 Å². The Morgan fingerprint density at radius 1 is 1.47 bits per heavy atom. The predicted molar refractivity (Wildman–Crippen MR) is 69.3 cm³/mol. The fourth-order valence-corrected chi connectivity index (χ4v) is 2.75. The monoisotopic (exact) mass is 228 g/mol. The minimum atomic E-state index is 0.496. The molecular formula is C13H24OS. The maximum Gasteiger partial charge on any atom is 0.103 e. The van der Waals surface area contributed by atoms with E-state index < -0.39 is 0 Å². The van der Waals surface area contributed by atoms with Gasteiger partial charge in [-0.25, -0.2) is 0 Å². The highest BCUT2D eigenvalue weighted by Gasteiger charge is 2.16. The number of thioether (sulfide) groups is 1. The molecule has 1 saturated heterocycles. The van der Waals surface area contributed by atoms with Crippen molar-refractivity contribution in [3.8, 4) is 0 Å². The van der Waals surface area contributed by atoms with E-state index in [0.29, 0.717) is 5.44 Å². The topological polar surface area (TPSA) is 9.23 Å². The first kappa shape index (κ1) is 13.1. The molecule has 88 valence electrons. The summed E-state index contributed by atoms with van der Waals surface area (Å²) in [6, 6.07) is 0. The van der Waals surface area contributed by atoms with Gasteiger partial charge in [0.05, 0.1) is 6.61 Å². The Kier molecular flexibility index (Phi) is 6.42. The summed E-state index contributed by atoms with van der Waals surface area (Å²) >= 11 is 1.98. The molecule has 0 N–H and O–H groups in total. The summed E-state index contributed by atoms with van der Waals surface area (Å²) in [4.78, 5) is 0. The van der Waals surface area contributed by atoms with Gasteiger partial charge in [-0.2, -0.15) is 0 Å². The van der Waals surface area contributed by atoms with Crippen LogP contribution in [0.3, 0.4) is 0 Å². The minimum absolute atomic E-state index is 0.496. The van der Waals surface area contributed by atoms with E-state index in [0.717, 1.165) is 12.5 Å². The van der Waals surface area contributed by atoms with Gasteiger partial charge in [-0.05, 0) is 45.4 Å². The molecule has 0 radical (unpaired) electrons. The van der Waals surface area contributed by atoms with Crippen molar-refractivity contribution in [2.75, 3.05) is 12.4 Å². The second-order valence-corrected chi connectivity index (χ2v) is 5.98. The molecule has 1 aliphatic heterocycles. The maximum atomic E-state index is 5.60. The molecular weight excluding hydrogens is 204 g/mol. The molecule has 2 heteroatoms. The van der Waals surface area contributed by atoms with Crippen molar-refractivity contribution in [2.45, 2.75) is 51.9 Å². The van der Waals surface area contributed by atoms with Crippen molar-refractivity contribution in [2.24, 2.45) is 5.92 Å². The molecule has 15 heavy (non-hydrogen) atoms. The summed E-state index contributed by atoms with van der Waals surface area (Å²) < 4.78 is 5.60. The molecule has 1 nitrogen and oxygen atoms in total. The third kappa shape index (κ3) is 6.26. The number of rotatable bonds is 6. The Hall–Kier alpha value is 0.0500. The number of hydrogen-bond acceptors (Lipinski definition) is 2. The van der Waals surface area contributed by atoms with Crippen molar-refractivity contribution < 1.29 is 4.74 Å². The predicted octanol–water partition coefficient (Wildman–Crippen LogP) is 4.24. The van der Waals surface area contributed by atoms with Crippen molar-refractivity contribution in [1.82, 2.24) is 0 Å². The van der Waals surface area contributed by atoms with E-state index in [1.165, 1.54) is 37.0 Å². The third-order valence-corrected chi connectivity index (χ3v) is 3.94. The molecule has 0 aromatic rings. The molecule has 1 fully saturated rings. The van der Waals surface area contributed by atoms with Crippen LogP contribution in [-0.2, 0) is 4.74 Å². The highest BCUT2D eigenvalue weighted by molar-refractivity contribution is 7.99. The van der Waals surface area contributed by atoms with E-state index in [9.17, 15) is 0 Å². The lowest BCUT2D eigenvalue weighted by molar-refractivity contribution is 0.131. The van der Waals surface area contributed by atoms with Gasteiger partial charge in [-0.1, -0.05) is 18.6 Å². The maximum absolute atomic E-state index is 5.60. The lowest BCUT2D eigenvalue weighted by atomic mass is 9.99. The molecule has 2 unspecified atom stereocenters. The molecule has 1 rings (SSSR count). The second-order valence-electron chi connectivity index (χ2n) is 4.71. The first-order valence-corrected chi connectivity index (χ1v) is 7.10. The van der Waals surface area contributed by atoms with Crippen LogP contribution in [0.5, 0.6) is 0 Å². The summed E-state index contributed by atoms with van der Waals surface area (Å²) in [6.07, 6.45) is 7.46. The van der Waals surface area contributed by atoms with Crippen LogP contribution in [0.25, 0.3) is 0 Å². The van der Waals surface area contributed by atoms with E-state index >= 15 is 0 Å². The fourth-order valence-electron chi connectivity index (χ4n) is 1.80. The molecule has 0 bridgehead atoms. The molecule has 0 aliphatic carbocycles. The van der Waals surface area contributed by atoms with Crippen LogP contribution in [0, 0.1) is 5.92 Å². The summed E-state index contributed by atoms with van der Waals surface area (Å²) in [5.41, 5.74) is 1.94. The normalized spacial score (nSPS) is 22.7. The van der Waals surface area contributed by atoms with E-state index in [4.69, 9.17) is 4.74 Å². The fraction of sp³-hybridized carbons (Fsp3) is 0.846. The second kappa shape index (κ2) is 7.34. The van der Waals surface area contributed by atoms with Crippen LogP contribution < -0.4 is 0 Å². The van der Waals surface area contributed by atoms with Gasteiger partial charge in [0.1, 0.15) is 5.44 Å². The van der Waals surface area contributed by atoms with Crippen molar-refractivity contribution in [3.63, 3.8) is 0 Å². The minimum Gasteiger partial charge on any atom is -0.367 e. The summed E-state index contributed by atoms with van der Waals surface area (Å²) in [5.74, 6) is 2.03. The van der Waals surface area contributed by atoms with Gasteiger partial charge in [-0.15, -0.1) is 11.8 Å². The molecule has 2 atom stereocenters. The molecule has 0 spiro atoms. The first-order chi connectivity index (χ1) is 7.18. The largest absolute Gasteiger partial charge is 0.367 e. The summed E-state index contributed by atoms with van der Waals surface area (Å²) in [5, 5.41) is 0. The van der Waals surface area contributed by atoms with Gasteiger partial charge in [0.15, 0.2) is 0 Å².